The molecule has 0 aliphatic heterocycles. The molecule has 0 saturated heterocycles. The molecule has 1 heterocycles. The van der Waals surface area contributed by atoms with Crippen LogP contribution < -0.4 is 0 Å². The summed E-state index contributed by atoms with van der Waals surface area (Å²) in [6, 6.07) is 6.47. The van der Waals surface area contributed by atoms with E-state index in [1.807, 2.05) is 0 Å². The highest BCUT2D eigenvalue weighted by Gasteiger charge is 2.02. The SMILES string of the molecule is Cc1ccc2[nH]cc(CCCCO)c2c1. The number of nitrogens with one attached hydrogen (secondary N) is 1. The molecule has 1 aromatic heterocycles. The fraction of sp³-hybridized carbons (Fsp3) is 0.385. The van der Waals surface area contributed by atoms with Gasteiger partial charge in [0.15, 0.2) is 0 Å². The maximum Gasteiger partial charge on any atom is 0.0456 e. The van der Waals surface area contributed by atoms with Gasteiger partial charge >= 0.3 is 0 Å². The lowest BCUT2D eigenvalue weighted by atomic mass is 10.1. The molecular weight excluding hydrogens is 186 g/mol. The third kappa shape index (κ3) is 2.21. The van der Waals surface area contributed by atoms with Gasteiger partial charge in [-0.1, -0.05) is 11.6 Å². The van der Waals surface area contributed by atoms with Crippen molar-refractivity contribution >= 4 is 10.9 Å². The van der Waals surface area contributed by atoms with Crippen LogP contribution in [-0.2, 0) is 6.42 Å². The fourth-order valence-corrected chi connectivity index (χ4v) is 1.93. The topological polar surface area (TPSA) is 36.0 Å². The van der Waals surface area contributed by atoms with Crippen LogP contribution in [0.1, 0.15) is 24.0 Å². The van der Waals surface area contributed by atoms with Crippen molar-refractivity contribution in [2.75, 3.05) is 6.61 Å². The van der Waals surface area contributed by atoms with Crippen molar-refractivity contribution < 1.29 is 5.11 Å². The average Bonchev–Trinajstić information content (AvgIpc) is 2.62. The number of aryl methyl sites for hydroxylation is 2. The Hall–Kier alpha value is -1.28. The van der Waals surface area contributed by atoms with Gasteiger partial charge in [0.05, 0.1) is 0 Å². The Morgan fingerprint density at radius 3 is 2.93 bits per heavy atom. The van der Waals surface area contributed by atoms with E-state index in [1.54, 1.807) is 0 Å². The third-order valence-electron chi connectivity index (χ3n) is 2.78. The molecule has 0 amide bonds. The molecule has 2 rings (SSSR count). The number of aliphatic hydroxyl groups excluding tert-OH is 1. The highest BCUT2D eigenvalue weighted by atomic mass is 16.2. The molecule has 0 spiro atoms. The number of hydrogen-bond acceptors (Lipinski definition) is 1. The van der Waals surface area contributed by atoms with E-state index in [2.05, 4.69) is 36.3 Å². The summed E-state index contributed by atoms with van der Waals surface area (Å²) in [6.07, 6.45) is 5.07. The summed E-state index contributed by atoms with van der Waals surface area (Å²) in [7, 11) is 0. The molecule has 0 saturated carbocycles. The van der Waals surface area contributed by atoms with Crippen molar-refractivity contribution in [3.05, 3.63) is 35.5 Å². The molecule has 2 nitrogen and oxygen atoms in total. The van der Waals surface area contributed by atoms with Crippen molar-refractivity contribution in [1.29, 1.82) is 0 Å². The van der Waals surface area contributed by atoms with Crippen LogP contribution in [0.15, 0.2) is 24.4 Å². The number of aromatic amines is 1. The number of H-pyrrole nitrogens is 1. The van der Waals surface area contributed by atoms with Crippen LogP contribution in [-0.4, -0.2) is 16.7 Å². The molecule has 2 N–H and O–H groups in total. The second kappa shape index (κ2) is 4.49. The largest absolute Gasteiger partial charge is 0.396 e. The van der Waals surface area contributed by atoms with Gasteiger partial charge in [-0.3, -0.25) is 0 Å². The van der Waals surface area contributed by atoms with Crippen LogP contribution in [0.2, 0.25) is 0 Å². The summed E-state index contributed by atoms with van der Waals surface area (Å²) in [5.41, 5.74) is 3.87. The van der Waals surface area contributed by atoms with Crippen molar-refractivity contribution in [2.45, 2.75) is 26.2 Å². The Labute approximate surface area is 89.9 Å². The first-order chi connectivity index (χ1) is 7.31. The van der Waals surface area contributed by atoms with E-state index in [-0.39, 0.29) is 0 Å². The first-order valence-electron chi connectivity index (χ1n) is 5.49. The van der Waals surface area contributed by atoms with Crippen LogP contribution in [0.4, 0.5) is 0 Å². The number of aliphatic hydroxyl groups is 1. The number of hydrogen-bond donors (Lipinski definition) is 2. The first-order valence-corrected chi connectivity index (χ1v) is 5.49. The Balaban J connectivity index is 2.23. The Bertz CT molecular complexity index is 445. The molecule has 0 fully saturated rings. The first kappa shape index (κ1) is 10.2. The zero-order chi connectivity index (χ0) is 10.7. The lowest BCUT2D eigenvalue weighted by molar-refractivity contribution is 0.284. The molecule has 0 aliphatic rings. The highest BCUT2D eigenvalue weighted by molar-refractivity contribution is 5.83. The summed E-state index contributed by atoms with van der Waals surface area (Å²) in [6.45, 7) is 2.41. The maximum absolute atomic E-state index is 8.74. The number of unbranched alkanes of at least 4 members (excludes halogenated alkanes) is 1. The molecule has 0 aliphatic carbocycles. The lowest BCUT2D eigenvalue weighted by Gasteiger charge is -1.99. The van der Waals surface area contributed by atoms with Crippen LogP contribution in [0.25, 0.3) is 10.9 Å². The van der Waals surface area contributed by atoms with Crippen molar-refractivity contribution in [3.8, 4) is 0 Å². The zero-order valence-corrected chi connectivity index (χ0v) is 9.09. The minimum atomic E-state index is 0.293. The van der Waals surface area contributed by atoms with Gasteiger partial charge in [0.2, 0.25) is 0 Å². The number of aromatic nitrogens is 1. The average molecular weight is 203 g/mol. The van der Waals surface area contributed by atoms with Crippen molar-refractivity contribution in [2.24, 2.45) is 0 Å². The van der Waals surface area contributed by atoms with Gasteiger partial charge in [-0.15, -0.1) is 0 Å². The number of rotatable bonds is 4. The summed E-state index contributed by atoms with van der Waals surface area (Å²) in [5, 5.41) is 10.1. The van der Waals surface area contributed by atoms with E-state index in [0.717, 1.165) is 19.3 Å². The molecule has 80 valence electrons. The standard InChI is InChI=1S/C13H17NO/c1-10-5-6-13-12(8-10)11(9-14-13)4-2-3-7-15/h5-6,8-9,14-15H,2-4,7H2,1H3. The summed E-state index contributed by atoms with van der Waals surface area (Å²) in [5.74, 6) is 0. The van der Waals surface area contributed by atoms with E-state index in [0.29, 0.717) is 6.61 Å². The fourth-order valence-electron chi connectivity index (χ4n) is 1.93. The third-order valence-corrected chi connectivity index (χ3v) is 2.78. The minimum absolute atomic E-state index is 0.293. The van der Waals surface area contributed by atoms with Crippen LogP contribution in [0, 0.1) is 6.92 Å². The Morgan fingerprint density at radius 2 is 2.13 bits per heavy atom. The van der Waals surface area contributed by atoms with E-state index in [4.69, 9.17) is 5.11 Å². The lowest BCUT2D eigenvalue weighted by Crippen LogP contribution is -1.87. The highest BCUT2D eigenvalue weighted by Crippen LogP contribution is 2.21. The van der Waals surface area contributed by atoms with Gasteiger partial charge < -0.3 is 10.1 Å². The van der Waals surface area contributed by atoms with E-state index >= 15 is 0 Å². The van der Waals surface area contributed by atoms with Gasteiger partial charge in [0.25, 0.3) is 0 Å². The molecule has 1 aromatic carbocycles. The summed E-state index contributed by atoms with van der Waals surface area (Å²) >= 11 is 0. The van der Waals surface area contributed by atoms with Gasteiger partial charge in [0.1, 0.15) is 0 Å². The second-order valence-corrected chi connectivity index (χ2v) is 4.04. The molecule has 2 heteroatoms. The zero-order valence-electron chi connectivity index (χ0n) is 9.09. The smallest absolute Gasteiger partial charge is 0.0456 e. The second-order valence-electron chi connectivity index (χ2n) is 4.04. The molecule has 0 radical (unpaired) electrons. The van der Waals surface area contributed by atoms with E-state index in [1.165, 1.54) is 22.0 Å². The van der Waals surface area contributed by atoms with Crippen molar-refractivity contribution in [1.82, 2.24) is 4.98 Å². The quantitative estimate of drug-likeness (QED) is 0.736. The van der Waals surface area contributed by atoms with Crippen molar-refractivity contribution in [3.63, 3.8) is 0 Å². The molecule has 0 unspecified atom stereocenters. The molecule has 0 atom stereocenters. The van der Waals surface area contributed by atoms with Gasteiger partial charge in [-0.25, -0.2) is 0 Å². The monoisotopic (exact) mass is 203 g/mol. The molecule has 15 heavy (non-hydrogen) atoms. The molecule has 2 aromatic rings. The Kier molecular flexibility index (Phi) is 3.07. The van der Waals surface area contributed by atoms with Crippen LogP contribution >= 0.6 is 0 Å². The maximum atomic E-state index is 8.74. The van der Waals surface area contributed by atoms with E-state index in [9.17, 15) is 0 Å². The van der Waals surface area contributed by atoms with Gasteiger partial charge in [-0.2, -0.15) is 0 Å². The van der Waals surface area contributed by atoms with Gasteiger partial charge in [0, 0.05) is 23.7 Å². The Morgan fingerprint density at radius 1 is 1.27 bits per heavy atom. The normalized spacial score (nSPS) is 11.1. The predicted octanol–water partition coefficient (Wildman–Crippen LogP) is 2.79. The molecule has 0 bridgehead atoms. The van der Waals surface area contributed by atoms with Crippen LogP contribution in [0.5, 0.6) is 0 Å². The molecular formula is C13H17NO. The van der Waals surface area contributed by atoms with Gasteiger partial charge in [-0.05, 0) is 43.9 Å². The summed E-state index contributed by atoms with van der Waals surface area (Å²) < 4.78 is 0. The van der Waals surface area contributed by atoms with E-state index < -0.39 is 0 Å². The number of fused-ring (bicyclic) bond motifs is 1. The number of benzene rings is 1. The van der Waals surface area contributed by atoms with Crippen LogP contribution in [0.3, 0.4) is 0 Å². The predicted molar refractivity (Wildman–Crippen MR) is 63.1 cm³/mol. The summed E-state index contributed by atoms with van der Waals surface area (Å²) in [4.78, 5) is 3.28. The minimum Gasteiger partial charge on any atom is -0.396 e.